The number of piperazine rings is 1. The van der Waals surface area contributed by atoms with E-state index in [0.717, 1.165) is 45.8 Å². The largest absolute Gasteiger partial charge is 0.478 e. The van der Waals surface area contributed by atoms with Crippen molar-refractivity contribution in [2.24, 2.45) is 0 Å². The van der Waals surface area contributed by atoms with Gasteiger partial charge in [-0.05, 0) is 29.8 Å². The molecule has 0 radical (unpaired) electrons. The van der Waals surface area contributed by atoms with Gasteiger partial charge in [-0.1, -0.05) is 31.2 Å². The molecule has 0 atom stereocenters. The molecule has 0 amide bonds. The monoisotopic (exact) mass is 426 g/mol. The van der Waals surface area contributed by atoms with Crippen LogP contribution in [0.2, 0.25) is 0 Å². The minimum Gasteiger partial charge on any atom is -0.478 e. The van der Waals surface area contributed by atoms with Gasteiger partial charge in [0.15, 0.2) is 0 Å². The third kappa shape index (κ3) is 6.34. The zero-order valence-electron chi connectivity index (χ0n) is 16.0. The first-order valence-corrected chi connectivity index (χ1v) is 9.11. The van der Waals surface area contributed by atoms with Gasteiger partial charge in [0.05, 0.1) is 0 Å². The van der Waals surface area contributed by atoms with E-state index in [1.807, 2.05) is 0 Å². The number of aromatic carboxylic acids is 1. The summed E-state index contributed by atoms with van der Waals surface area (Å²) in [5.74, 6) is -0.347. The van der Waals surface area contributed by atoms with Crippen LogP contribution in [0.5, 0.6) is 0 Å². The molecule has 6 nitrogen and oxygen atoms in total. The molecule has 0 spiro atoms. The highest BCUT2D eigenvalue weighted by molar-refractivity contribution is 5.93. The fraction of sp³-hybridized carbons (Fsp3) is 0.400. The van der Waals surface area contributed by atoms with Gasteiger partial charge in [-0.15, -0.1) is 24.8 Å². The van der Waals surface area contributed by atoms with Gasteiger partial charge in [0.1, 0.15) is 11.4 Å². The molecule has 1 aliphatic rings. The number of carboxylic acid groups (broad SMARTS) is 1. The molecule has 28 heavy (non-hydrogen) atoms. The second-order valence-electron chi connectivity index (χ2n) is 6.54. The van der Waals surface area contributed by atoms with Crippen LogP contribution in [0.25, 0.3) is 0 Å². The third-order valence-corrected chi connectivity index (χ3v) is 4.70. The molecule has 1 aliphatic heterocycles. The minimum atomic E-state index is -0.923. The average Bonchev–Trinajstić information content (AvgIpc) is 2.68. The van der Waals surface area contributed by atoms with Crippen LogP contribution >= 0.6 is 24.8 Å². The average molecular weight is 427 g/mol. The highest BCUT2D eigenvalue weighted by Crippen LogP contribution is 2.19. The molecule has 1 fully saturated rings. The number of hydrogen-bond donors (Lipinski definition) is 2. The molecule has 0 aliphatic carbocycles. The van der Waals surface area contributed by atoms with Crippen LogP contribution in [-0.4, -0.2) is 53.7 Å². The van der Waals surface area contributed by atoms with Gasteiger partial charge < -0.3 is 15.3 Å². The standard InChI is InChI=1S/C20H26N4O2.2ClH/c1-2-21-14-16-5-7-17(8-6-16)15-23-10-12-24(13-11-23)19-18(20(25)26)4-3-9-22-19;;/h3-9,21H,2,10-15H2,1H3,(H,25,26);2*1H. The van der Waals surface area contributed by atoms with E-state index in [1.54, 1.807) is 18.3 Å². The number of aromatic nitrogens is 1. The van der Waals surface area contributed by atoms with E-state index in [1.165, 1.54) is 11.1 Å². The summed E-state index contributed by atoms with van der Waals surface area (Å²) in [6, 6.07) is 12.0. The van der Waals surface area contributed by atoms with Gasteiger partial charge >= 0.3 is 5.97 Å². The molecule has 0 bridgehead atoms. The lowest BCUT2D eigenvalue weighted by atomic mass is 10.1. The van der Waals surface area contributed by atoms with Crippen molar-refractivity contribution in [2.45, 2.75) is 20.0 Å². The lowest BCUT2D eigenvalue weighted by Crippen LogP contribution is -2.46. The Hall–Kier alpha value is -1.86. The van der Waals surface area contributed by atoms with Crippen LogP contribution < -0.4 is 10.2 Å². The zero-order valence-corrected chi connectivity index (χ0v) is 17.6. The predicted molar refractivity (Wildman–Crippen MR) is 117 cm³/mol. The van der Waals surface area contributed by atoms with Crippen molar-refractivity contribution in [2.75, 3.05) is 37.6 Å². The summed E-state index contributed by atoms with van der Waals surface area (Å²) >= 11 is 0. The number of anilines is 1. The van der Waals surface area contributed by atoms with Crippen molar-refractivity contribution in [1.82, 2.24) is 15.2 Å². The van der Waals surface area contributed by atoms with E-state index in [4.69, 9.17) is 0 Å². The smallest absolute Gasteiger partial charge is 0.339 e. The molecule has 2 aromatic rings. The molecule has 8 heteroatoms. The highest BCUT2D eigenvalue weighted by atomic mass is 35.5. The Balaban J connectivity index is 0.00000196. The van der Waals surface area contributed by atoms with Crippen LogP contribution in [0.15, 0.2) is 42.6 Å². The second-order valence-corrected chi connectivity index (χ2v) is 6.54. The first-order valence-electron chi connectivity index (χ1n) is 9.11. The van der Waals surface area contributed by atoms with E-state index >= 15 is 0 Å². The molecule has 1 aromatic heterocycles. The number of benzene rings is 1. The van der Waals surface area contributed by atoms with Crippen molar-refractivity contribution < 1.29 is 9.90 Å². The summed E-state index contributed by atoms with van der Waals surface area (Å²) in [7, 11) is 0. The van der Waals surface area contributed by atoms with Crippen molar-refractivity contribution in [3.8, 4) is 0 Å². The Labute approximate surface area is 178 Å². The SMILES string of the molecule is CCNCc1ccc(CN2CCN(c3ncccc3C(=O)O)CC2)cc1.Cl.Cl. The maximum Gasteiger partial charge on any atom is 0.339 e. The second kappa shape index (κ2) is 11.9. The van der Waals surface area contributed by atoms with Gasteiger partial charge in [0, 0.05) is 45.5 Å². The van der Waals surface area contributed by atoms with Crippen molar-refractivity contribution in [3.63, 3.8) is 0 Å². The molecule has 3 rings (SSSR count). The van der Waals surface area contributed by atoms with Gasteiger partial charge in [-0.3, -0.25) is 4.90 Å². The molecule has 1 saturated heterocycles. The minimum absolute atomic E-state index is 0. The van der Waals surface area contributed by atoms with Crippen molar-refractivity contribution in [1.29, 1.82) is 0 Å². The third-order valence-electron chi connectivity index (χ3n) is 4.70. The molecule has 2 N–H and O–H groups in total. The maximum absolute atomic E-state index is 11.4. The maximum atomic E-state index is 11.4. The van der Waals surface area contributed by atoms with E-state index in [-0.39, 0.29) is 30.4 Å². The number of carboxylic acids is 1. The number of nitrogens with one attached hydrogen (secondary N) is 1. The fourth-order valence-corrected chi connectivity index (χ4v) is 3.22. The molecular formula is C20H28Cl2N4O2. The first-order chi connectivity index (χ1) is 12.7. The number of carbonyl (C=O) groups is 1. The Morgan fingerprint density at radius 1 is 1.07 bits per heavy atom. The van der Waals surface area contributed by atoms with Crippen molar-refractivity contribution in [3.05, 3.63) is 59.3 Å². The summed E-state index contributed by atoms with van der Waals surface area (Å²) < 4.78 is 0. The molecule has 0 saturated carbocycles. The Morgan fingerprint density at radius 2 is 1.71 bits per heavy atom. The fourth-order valence-electron chi connectivity index (χ4n) is 3.22. The number of nitrogens with zero attached hydrogens (tertiary/aromatic N) is 3. The molecule has 154 valence electrons. The highest BCUT2D eigenvalue weighted by Gasteiger charge is 2.22. The van der Waals surface area contributed by atoms with Crippen LogP contribution in [0.1, 0.15) is 28.4 Å². The summed E-state index contributed by atoms with van der Waals surface area (Å²) in [6.07, 6.45) is 1.66. The molecular weight excluding hydrogens is 399 g/mol. The van der Waals surface area contributed by atoms with Gasteiger partial charge in [-0.2, -0.15) is 0 Å². The van der Waals surface area contributed by atoms with Gasteiger partial charge in [0.25, 0.3) is 0 Å². The summed E-state index contributed by atoms with van der Waals surface area (Å²) in [4.78, 5) is 20.1. The Morgan fingerprint density at radius 3 is 2.32 bits per heavy atom. The van der Waals surface area contributed by atoms with E-state index in [9.17, 15) is 9.90 Å². The van der Waals surface area contributed by atoms with E-state index in [0.29, 0.717) is 5.82 Å². The molecule has 1 aromatic carbocycles. The first kappa shape index (κ1) is 24.2. The quantitative estimate of drug-likeness (QED) is 0.708. The lowest BCUT2D eigenvalue weighted by Gasteiger charge is -2.35. The number of rotatable bonds is 7. The van der Waals surface area contributed by atoms with E-state index in [2.05, 4.69) is 51.3 Å². The van der Waals surface area contributed by atoms with E-state index < -0.39 is 5.97 Å². The van der Waals surface area contributed by atoms with Crippen LogP contribution in [0, 0.1) is 0 Å². The molecule has 0 unspecified atom stereocenters. The lowest BCUT2D eigenvalue weighted by molar-refractivity contribution is 0.0697. The summed E-state index contributed by atoms with van der Waals surface area (Å²) in [5.41, 5.74) is 2.89. The Kier molecular flexibility index (Phi) is 10.2. The number of halogens is 2. The van der Waals surface area contributed by atoms with Crippen LogP contribution in [-0.2, 0) is 13.1 Å². The zero-order chi connectivity index (χ0) is 18.4. The normalized spacial score (nSPS) is 14.1. The topological polar surface area (TPSA) is 68.7 Å². The molecule has 2 heterocycles. The summed E-state index contributed by atoms with van der Waals surface area (Å²) in [6.45, 7) is 8.29. The number of hydrogen-bond acceptors (Lipinski definition) is 5. The number of pyridine rings is 1. The summed E-state index contributed by atoms with van der Waals surface area (Å²) in [5, 5.41) is 12.7. The van der Waals surface area contributed by atoms with Crippen LogP contribution in [0.3, 0.4) is 0 Å². The van der Waals surface area contributed by atoms with Crippen LogP contribution in [0.4, 0.5) is 5.82 Å². The van der Waals surface area contributed by atoms with Crippen molar-refractivity contribution >= 4 is 36.6 Å². The predicted octanol–water partition coefficient (Wildman–Crippen LogP) is 3.06. The van der Waals surface area contributed by atoms with Gasteiger partial charge in [0.2, 0.25) is 0 Å². The van der Waals surface area contributed by atoms with Gasteiger partial charge in [-0.25, -0.2) is 9.78 Å². The Bertz CT molecular complexity index is 735.